The lowest BCUT2D eigenvalue weighted by molar-refractivity contribution is 0.273. The van der Waals surface area contributed by atoms with Crippen LogP contribution in [0.25, 0.3) is 0 Å². The van der Waals surface area contributed by atoms with Gasteiger partial charge in [0.2, 0.25) is 0 Å². The molecule has 1 aromatic rings. The van der Waals surface area contributed by atoms with E-state index in [1.807, 2.05) is 18.2 Å². The fraction of sp³-hybridized carbons (Fsp3) is 0.611. The van der Waals surface area contributed by atoms with Gasteiger partial charge in [0.25, 0.3) is 0 Å². The number of nitrogens with two attached hydrogens (primary N) is 1. The van der Waals surface area contributed by atoms with Gasteiger partial charge in [-0.15, -0.1) is 24.0 Å². The van der Waals surface area contributed by atoms with Crippen molar-refractivity contribution < 1.29 is 9.47 Å². The van der Waals surface area contributed by atoms with Crippen molar-refractivity contribution in [3.63, 3.8) is 0 Å². The number of hydrogen-bond acceptors (Lipinski definition) is 4. The molecule has 1 saturated heterocycles. The highest BCUT2D eigenvalue weighted by molar-refractivity contribution is 14.0. The van der Waals surface area contributed by atoms with Crippen LogP contribution in [0.1, 0.15) is 25.3 Å². The van der Waals surface area contributed by atoms with Crippen LogP contribution in [0.15, 0.2) is 23.2 Å². The predicted octanol–water partition coefficient (Wildman–Crippen LogP) is 2.25. The molecule has 1 aromatic carbocycles. The second-order valence-electron chi connectivity index (χ2n) is 6.02. The lowest BCUT2D eigenvalue weighted by Crippen LogP contribution is -2.36. The van der Waals surface area contributed by atoms with E-state index < -0.39 is 0 Å². The van der Waals surface area contributed by atoms with Gasteiger partial charge in [0.15, 0.2) is 17.5 Å². The number of methoxy groups -OCH3 is 2. The molecule has 1 atom stereocenters. The summed E-state index contributed by atoms with van der Waals surface area (Å²) in [6.45, 7) is 6.00. The van der Waals surface area contributed by atoms with Gasteiger partial charge >= 0.3 is 0 Å². The van der Waals surface area contributed by atoms with Gasteiger partial charge < -0.3 is 20.5 Å². The lowest BCUT2D eigenvalue weighted by atomic mass is 10.1. The molecule has 1 unspecified atom stereocenters. The SMILES string of the molecule is CCN1CCCC1CN=C(N)NCCc1ccc(OC)c(OC)c1.I. The first kappa shape index (κ1) is 21.8. The largest absolute Gasteiger partial charge is 0.493 e. The summed E-state index contributed by atoms with van der Waals surface area (Å²) < 4.78 is 10.6. The number of hydrogen-bond donors (Lipinski definition) is 2. The number of nitrogens with one attached hydrogen (secondary N) is 1. The standard InChI is InChI=1S/C18H30N4O2.HI/c1-4-22-11-5-6-15(22)13-21-18(19)20-10-9-14-7-8-16(23-2)17(12-14)24-3;/h7-8,12,15H,4-6,9-11,13H2,1-3H3,(H3,19,20,21);1H. The number of rotatable bonds is 8. The number of halogens is 1. The number of likely N-dealkylation sites (N-methyl/N-ethyl adjacent to an activating group) is 1. The zero-order valence-corrected chi connectivity index (χ0v) is 17.8. The highest BCUT2D eigenvalue weighted by Crippen LogP contribution is 2.27. The van der Waals surface area contributed by atoms with E-state index in [4.69, 9.17) is 15.2 Å². The molecule has 2 rings (SSSR count). The minimum absolute atomic E-state index is 0. The van der Waals surface area contributed by atoms with Gasteiger partial charge in [-0.05, 0) is 50.0 Å². The van der Waals surface area contributed by atoms with Crippen LogP contribution in [0, 0.1) is 0 Å². The summed E-state index contributed by atoms with van der Waals surface area (Å²) >= 11 is 0. The number of aliphatic imine (C=N–C) groups is 1. The van der Waals surface area contributed by atoms with Crippen LogP contribution in [-0.2, 0) is 6.42 Å². The third kappa shape index (κ3) is 6.54. The molecular formula is C18H31IN4O2. The Labute approximate surface area is 168 Å². The molecule has 1 heterocycles. The maximum absolute atomic E-state index is 5.98. The first-order valence-corrected chi connectivity index (χ1v) is 8.66. The highest BCUT2D eigenvalue weighted by atomic mass is 127. The van der Waals surface area contributed by atoms with Crippen LogP contribution in [0.2, 0.25) is 0 Å². The Morgan fingerprint density at radius 2 is 2.08 bits per heavy atom. The Balaban J connectivity index is 0.00000312. The molecule has 1 aliphatic heterocycles. The summed E-state index contributed by atoms with van der Waals surface area (Å²) in [6.07, 6.45) is 3.33. The van der Waals surface area contributed by atoms with Crippen molar-refractivity contribution in [2.24, 2.45) is 10.7 Å². The average Bonchev–Trinajstić information content (AvgIpc) is 3.07. The quantitative estimate of drug-likeness (QED) is 0.352. The van der Waals surface area contributed by atoms with Gasteiger partial charge in [-0.25, -0.2) is 0 Å². The molecule has 0 aromatic heterocycles. The van der Waals surface area contributed by atoms with E-state index in [1.54, 1.807) is 14.2 Å². The molecule has 7 heteroatoms. The van der Waals surface area contributed by atoms with E-state index in [9.17, 15) is 0 Å². The van der Waals surface area contributed by atoms with E-state index in [1.165, 1.54) is 24.9 Å². The van der Waals surface area contributed by atoms with Crippen molar-refractivity contribution in [2.75, 3.05) is 40.4 Å². The maximum atomic E-state index is 5.98. The van der Waals surface area contributed by atoms with Crippen LogP contribution in [0.5, 0.6) is 11.5 Å². The maximum Gasteiger partial charge on any atom is 0.188 e. The monoisotopic (exact) mass is 462 g/mol. The topological polar surface area (TPSA) is 72.1 Å². The third-order valence-electron chi connectivity index (χ3n) is 4.55. The predicted molar refractivity (Wildman–Crippen MR) is 113 cm³/mol. The van der Waals surface area contributed by atoms with Crippen LogP contribution in [0.3, 0.4) is 0 Å². The number of ether oxygens (including phenoxy) is 2. The summed E-state index contributed by atoms with van der Waals surface area (Å²) in [7, 11) is 3.29. The summed E-state index contributed by atoms with van der Waals surface area (Å²) in [5.74, 6) is 2.02. The highest BCUT2D eigenvalue weighted by Gasteiger charge is 2.22. The minimum atomic E-state index is 0. The Hall–Kier alpha value is -1.22. The normalized spacial score (nSPS) is 17.9. The van der Waals surface area contributed by atoms with Gasteiger partial charge in [0, 0.05) is 12.6 Å². The van der Waals surface area contributed by atoms with Gasteiger partial charge in [-0.2, -0.15) is 0 Å². The average molecular weight is 462 g/mol. The Morgan fingerprint density at radius 1 is 1.32 bits per heavy atom. The second kappa shape index (κ2) is 11.4. The van der Waals surface area contributed by atoms with E-state index in [2.05, 4.69) is 22.1 Å². The third-order valence-corrected chi connectivity index (χ3v) is 4.55. The van der Waals surface area contributed by atoms with Crippen molar-refractivity contribution >= 4 is 29.9 Å². The zero-order chi connectivity index (χ0) is 17.4. The molecule has 0 aliphatic carbocycles. The summed E-state index contributed by atoms with van der Waals surface area (Å²) in [5.41, 5.74) is 7.15. The van der Waals surface area contributed by atoms with Crippen molar-refractivity contribution in [1.82, 2.24) is 10.2 Å². The van der Waals surface area contributed by atoms with E-state index >= 15 is 0 Å². The van der Waals surface area contributed by atoms with E-state index in [-0.39, 0.29) is 24.0 Å². The Kier molecular flexibility index (Phi) is 9.96. The smallest absolute Gasteiger partial charge is 0.188 e. The van der Waals surface area contributed by atoms with Gasteiger partial charge in [-0.1, -0.05) is 13.0 Å². The molecule has 0 bridgehead atoms. The number of likely N-dealkylation sites (tertiary alicyclic amines) is 1. The van der Waals surface area contributed by atoms with E-state index in [0.29, 0.717) is 12.0 Å². The molecule has 1 aliphatic rings. The van der Waals surface area contributed by atoms with Crippen LogP contribution in [0.4, 0.5) is 0 Å². The van der Waals surface area contributed by atoms with Gasteiger partial charge in [0.1, 0.15) is 0 Å². The number of nitrogens with zero attached hydrogens (tertiary/aromatic N) is 2. The van der Waals surface area contributed by atoms with Crippen LogP contribution < -0.4 is 20.5 Å². The molecule has 3 N–H and O–H groups in total. The Morgan fingerprint density at radius 3 is 2.76 bits per heavy atom. The molecule has 142 valence electrons. The number of benzene rings is 1. The van der Waals surface area contributed by atoms with Crippen LogP contribution in [-0.4, -0.2) is 57.3 Å². The molecule has 1 fully saturated rings. The molecule has 6 nitrogen and oxygen atoms in total. The molecule has 25 heavy (non-hydrogen) atoms. The lowest BCUT2D eigenvalue weighted by Gasteiger charge is -2.21. The fourth-order valence-electron chi connectivity index (χ4n) is 3.15. The zero-order valence-electron chi connectivity index (χ0n) is 15.5. The molecule has 0 saturated carbocycles. The molecular weight excluding hydrogens is 431 g/mol. The summed E-state index contributed by atoms with van der Waals surface area (Å²) in [4.78, 5) is 6.97. The van der Waals surface area contributed by atoms with E-state index in [0.717, 1.165) is 37.6 Å². The van der Waals surface area contributed by atoms with Crippen molar-refractivity contribution in [3.05, 3.63) is 23.8 Å². The van der Waals surface area contributed by atoms with Crippen LogP contribution >= 0.6 is 24.0 Å². The summed E-state index contributed by atoms with van der Waals surface area (Å²) in [5, 5.41) is 3.19. The van der Waals surface area contributed by atoms with Crippen molar-refractivity contribution in [3.8, 4) is 11.5 Å². The molecule has 0 spiro atoms. The second-order valence-corrected chi connectivity index (χ2v) is 6.02. The summed E-state index contributed by atoms with van der Waals surface area (Å²) in [6, 6.07) is 6.49. The minimum Gasteiger partial charge on any atom is -0.493 e. The van der Waals surface area contributed by atoms with Crippen molar-refractivity contribution in [1.29, 1.82) is 0 Å². The van der Waals surface area contributed by atoms with Gasteiger partial charge in [-0.3, -0.25) is 9.89 Å². The molecule has 0 amide bonds. The van der Waals surface area contributed by atoms with Crippen molar-refractivity contribution in [2.45, 2.75) is 32.2 Å². The Bertz CT molecular complexity index is 554. The first-order chi connectivity index (χ1) is 11.7. The van der Waals surface area contributed by atoms with Gasteiger partial charge in [0.05, 0.1) is 20.8 Å². The first-order valence-electron chi connectivity index (χ1n) is 8.66. The molecule has 0 radical (unpaired) electrons. The number of guanidine groups is 1. The fourth-order valence-corrected chi connectivity index (χ4v) is 3.15.